The van der Waals surface area contributed by atoms with Gasteiger partial charge >= 0.3 is 5.69 Å². The van der Waals surface area contributed by atoms with Gasteiger partial charge in [-0.2, -0.15) is 5.26 Å². The topological polar surface area (TPSA) is 111 Å². The highest BCUT2D eigenvalue weighted by Crippen LogP contribution is 2.10. The van der Waals surface area contributed by atoms with Crippen LogP contribution >= 0.6 is 0 Å². The number of anilines is 1. The number of hydrogen-bond donors (Lipinski definition) is 1. The summed E-state index contributed by atoms with van der Waals surface area (Å²) in [6, 6.07) is 17.7. The predicted molar refractivity (Wildman–Crippen MR) is 105 cm³/mol. The van der Waals surface area contributed by atoms with Crippen molar-refractivity contribution in [2.24, 2.45) is 0 Å². The first kappa shape index (κ1) is 18.9. The molecule has 0 unspecified atom stereocenters. The molecular weight excluding hydrogens is 356 g/mol. The molecule has 0 saturated carbocycles. The Labute approximate surface area is 160 Å². The normalized spacial score (nSPS) is 10.4. The number of carbonyl (C=O) groups excluding carboxylic acids is 1. The van der Waals surface area contributed by atoms with Crippen LogP contribution in [0.5, 0.6) is 0 Å². The van der Waals surface area contributed by atoms with Gasteiger partial charge in [0.2, 0.25) is 0 Å². The van der Waals surface area contributed by atoms with Crippen molar-refractivity contribution in [3.8, 4) is 6.07 Å². The molecular formula is C21H18N4O3. The van der Waals surface area contributed by atoms with Crippen LogP contribution in [0.2, 0.25) is 0 Å². The van der Waals surface area contributed by atoms with Gasteiger partial charge in [0.15, 0.2) is 5.78 Å². The Bertz CT molecular complexity index is 1180. The third kappa shape index (κ3) is 3.62. The van der Waals surface area contributed by atoms with Gasteiger partial charge in [-0.15, -0.1) is 0 Å². The quantitative estimate of drug-likeness (QED) is 0.684. The van der Waals surface area contributed by atoms with E-state index in [2.05, 4.69) is 0 Å². The molecule has 1 heterocycles. The minimum absolute atomic E-state index is 0.0290. The fourth-order valence-corrected chi connectivity index (χ4v) is 2.97. The summed E-state index contributed by atoms with van der Waals surface area (Å²) in [5.41, 5.74) is 6.45. The van der Waals surface area contributed by atoms with E-state index in [0.717, 1.165) is 10.1 Å². The monoisotopic (exact) mass is 374 g/mol. The van der Waals surface area contributed by atoms with Crippen LogP contribution in [0.15, 0.2) is 64.2 Å². The van der Waals surface area contributed by atoms with Crippen molar-refractivity contribution in [3.05, 3.63) is 97.7 Å². The molecule has 2 aromatic carbocycles. The second-order valence-corrected chi connectivity index (χ2v) is 6.37. The van der Waals surface area contributed by atoms with Crippen LogP contribution in [0.25, 0.3) is 0 Å². The lowest BCUT2D eigenvalue weighted by molar-refractivity contribution is 0.101. The number of Topliss-reactive ketones (excluding diaryl/α,β-unsaturated/α-hetero) is 1. The zero-order chi connectivity index (χ0) is 20.3. The zero-order valence-electron chi connectivity index (χ0n) is 15.3. The molecule has 0 atom stereocenters. The minimum atomic E-state index is -0.719. The lowest BCUT2D eigenvalue weighted by atomic mass is 10.1. The summed E-state index contributed by atoms with van der Waals surface area (Å²) in [5.74, 6) is -0.639. The van der Waals surface area contributed by atoms with E-state index < -0.39 is 17.0 Å². The van der Waals surface area contributed by atoms with Gasteiger partial charge in [0, 0.05) is 0 Å². The van der Waals surface area contributed by atoms with E-state index in [1.807, 2.05) is 36.4 Å². The maximum absolute atomic E-state index is 13.0. The van der Waals surface area contributed by atoms with Crippen molar-refractivity contribution in [3.63, 3.8) is 0 Å². The Kier molecular flexibility index (Phi) is 5.23. The number of carbonyl (C=O) groups is 1. The van der Waals surface area contributed by atoms with E-state index in [9.17, 15) is 14.4 Å². The molecule has 140 valence electrons. The SMILES string of the molecule is CC(=O)c1c(N)n(Cc2ccccc2)c(=O)n(Cc2ccc(C#N)cc2)c1=O. The number of hydrogen-bond acceptors (Lipinski definition) is 5. The molecule has 2 N–H and O–H groups in total. The molecule has 0 aliphatic heterocycles. The van der Waals surface area contributed by atoms with Crippen molar-refractivity contribution < 1.29 is 4.79 Å². The number of aromatic nitrogens is 2. The van der Waals surface area contributed by atoms with Crippen molar-refractivity contribution in [1.82, 2.24) is 9.13 Å². The first-order valence-corrected chi connectivity index (χ1v) is 8.59. The molecule has 0 radical (unpaired) electrons. The van der Waals surface area contributed by atoms with Crippen molar-refractivity contribution in [2.75, 3.05) is 5.73 Å². The first-order chi connectivity index (χ1) is 13.4. The summed E-state index contributed by atoms with van der Waals surface area (Å²) in [6.07, 6.45) is 0. The molecule has 0 fully saturated rings. The third-order valence-corrected chi connectivity index (χ3v) is 4.43. The smallest absolute Gasteiger partial charge is 0.333 e. The number of rotatable bonds is 5. The second kappa shape index (κ2) is 7.76. The molecule has 7 nitrogen and oxygen atoms in total. The van der Waals surface area contributed by atoms with E-state index in [1.54, 1.807) is 24.3 Å². The highest BCUT2D eigenvalue weighted by atomic mass is 16.2. The van der Waals surface area contributed by atoms with Gasteiger partial charge in [-0.25, -0.2) is 4.79 Å². The summed E-state index contributed by atoms with van der Waals surface area (Å²) in [5, 5.41) is 8.90. The number of nitrogens with two attached hydrogens (primary N) is 1. The Morgan fingerprint density at radius 2 is 1.54 bits per heavy atom. The van der Waals surface area contributed by atoms with Gasteiger partial charge in [0.25, 0.3) is 5.56 Å². The van der Waals surface area contributed by atoms with Crippen LogP contribution < -0.4 is 17.0 Å². The minimum Gasteiger partial charge on any atom is -0.384 e. The predicted octanol–water partition coefficient (Wildman–Crippen LogP) is 1.76. The maximum atomic E-state index is 13.0. The van der Waals surface area contributed by atoms with Crippen LogP contribution in [-0.4, -0.2) is 14.9 Å². The van der Waals surface area contributed by atoms with Crippen molar-refractivity contribution in [1.29, 1.82) is 5.26 Å². The molecule has 7 heteroatoms. The van der Waals surface area contributed by atoms with E-state index >= 15 is 0 Å². The van der Waals surface area contributed by atoms with E-state index in [-0.39, 0.29) is 24.5 Å². The summed E-state index contributed by atoms with van der Waals surface area (Å²) in [7, 11) is 0. The highest BCUT2D eigenvalue weighted by Gasteiger charge is 2.20. The van der Waals surface area contributed by atoms with Crippen LogP contribution in [0.1, 0.15) is 34.0 Å². The van der Waals surface area contributed by atoms with Crippen LogP contribution in [0.3, 0.4) is 0 Å². The molecule has 0 saturated heterocycles. The Balaban J connectivity index is 2.15. The molecule has 0 bridgehead atoms. The Hall–Kier alpha value is -3.92. The highest BCUT2D eigenvalue weighted by molar-refractivity contribution is 5.97. The lowest BCUT2D eigenvalue weighted by Crippen LogP contribution is -2.44. The third-order valence-electron chi connectivity index (χ3n) is 4.43. The fourth-order valence-electron chi connectivity index (χ4n) is 2.97. The molecule has 0 amide bonds. The number of nitrogen functional groups attached to an aromatic ring is 1. The number of nitriles is 1. The summed E-state index contributed by atoms with van der Waals surface area (Å²) < 4.78 is 2.23. The molecule has 1 aromatic heterocycles. The maximum Gasteiger partial charge on any atom is 0.333 e. The van der Waals surface area contributed by atoms with E-state index in [1.165, 1.54) is 11.5 Å². The molecule has 0 spiro atoms. The largest absolute Gasteiger partial charge is 0.384 e. The molecule has 28 heavy (non-hydrogen) atoms. The van der Waals surface area contributed by atoms with Crippen molar-refractivity contribution >= 4 is 11.6 Å². The summed E-state index contributed by atoms with van der Waals surface area (Å²) in [6.45, 7) is 1.36. The number of benzene rings is 2. The molecule has 3 aromatic rings. The van der Waals surface area contributed by atoms with E-state index in [0.29, 0.717) is 11.1 Å². The average Bonchev–Trinajstić information content (AvgIpc) is 2.69. The van der Waals surface area contributed by atoms with Crippen LogP contribution in [0.4, 0.5) is 5.82 Å². The number of nitrogens with zero attached hydrogens (tertiary/aromatic N) is 3. The molecule has 0 aliphatic carbocycles. The number of ketones is 1. The van der Waals surface area contributed by atoms with E-state index in [4.69, 9.17) is 11.0 Å². The summed E-state index contributed by atoms with van der Waals surface area (Å²) in [4.78, 5) is 37.8. The standard InChI is InChI=1S/C21H18N4O3/c1-14(26)18-19(23)24(12-16-5-3-2-4-6-16)21(28)25(20(18)27)13-17-9-7-15(11-22)8-10-17/h2-10H,12-13,23H2,1H3. The van der Waals surface area contributed by atoms with Crippen molar-refractivity contribution in [2.45, 2.75) is 20.0 Å². The second-order valence-electron chi connectivity index (χ2n) is 6.37. The van der Waals surface area contributed by atoms with Crippen LogP contribution in [-0.2, 0) is 13.1 Å². The van der Waals surface area contributed by atoms with Gasteiger partial charge in [0.1, 0.15) is 11.4 Å². The fraction of sp³-hybridized carbons (Fsp3) is 0.143. The Morgan fingerprint density at radius 1 is 0.964 bits per heavy atom. The molecule has 0 aliphatic rings. The van der Waals surface area contributed by atoms with Gasteiger partial charge in [-0.3, -0.25) is 18.7 Å². The van der Waals surface area contributed by atoms with Gasteiger partial charge in [-0.1, -0.05) is 42.5 Å². The first-order valence-electron chi connectivity index (χ1n) is 8.59. The van der Waals surface area contributed by atoms with Gasteiger partial charge in [0.05, 0.1) is 24.7 Å². The Morgan fingerprint density at radius 3 is 2.11 bits per heavy atom. The van der Waals surface area contributed by atoms with Gasteiger partial charge in [-0.05, 0) is 30.2 Å². The summed E-state index contributed by atoms with van der Waals surface area (Å²) >= 11 is 0. The zero-order valence-corrected chi connectivity index (χ0v) is 15.3. The van der Waals surface area contributed by atoms with Gasteiger partial charge < -0.3 is 5.73 Å². The van der Waals surface area contributed by atoms with Crippen LogP contribution in [0, 0.1) is 11.3 Å². The lowest BCUT2D eigenvalue weighted by Gasteiger charge is -2.16. The molecule has 3 rings (SSSR count). The average molecular weight is 374 g/mol.